The Balaban J connectivity index is 1.83. The lowest BCUT2D eigenvalue weighted by Gasteiger charge is -2.29. The van der Waals surface area contributed by atoms with Crippen LogP contribution >= 0.6 is 0 Å². The van der Waals surface area contributed by atoms with Gasteiger partial charge in [0.2, 0.25) is 5.95 Å². The molecule has 1 aliphatic heterocycles. The fourth-order valence-corrected chi connectivity index (χ4v) is 3.55. The van der Waals surface area contributed by atoms with Crippen LogP contribution in [0.1, 0.15) is 24.1 Å². The van der Waals surface area contributed by atoms with E-state index in [1.807, 2.05) is 55.5 Å². The number of hydrogen-bond donors (Lipinski definition) is 1. The normalized spacial score (nSPS) is 15.2. The second kappa shape index (κ2) is 8.28. The molecule has 0 saturated carbocycles. The fourth-order valence-electron chi connectivity index (χ4n) is 3.55. The van der Waals surface area contributed by atoms with Gasteiger partial charge in [0.15, 0.2) is 11.5 Å². The number of rotatable bonds is 6. The molecule has 3 aromatic rings. The van der Waals surface area contributed by atoms with Gasteiger partial charge in [0.05, 0.1) is 19.8 Å². The molecule has 4 rings (SSSR count). The van der Waals surface area contributed by atoms with E-state index in [9.17, 15) is 4.79 Å². The summed E-state index contributed by atoms with van der Waals surface area (Å²) in [6.45, 7) is 2.15. The van der Waals surface area contributed by atoms with Crippen LogP contribution in [0.2, 0.25) is 0 Å². The number of esters is 1. The SMILES string of the molecule is COC(=O)C1=C(C)Nc2ncnn2[C@H]1c1cccc(OC)c1OCc1ccccc1. The van der Waals surface area contributed by atoms with Gasteiger partial charge in [0, 0.05) is 11.3 Å². The van der Waals surface area contributed by atoms with Crippen molar-refractivity contribution in [3.8, 4) is 11.5 Å². The highest BCUT2D eigenvalue weighted by molar-refractivity contribution is 5.92. The van der Waals surface area contributed by atoms with E-state index < -0.39 is 12.0 Å². The van der Waals surface area contributed by atoms with Crippen LogP contribution in [0.5, 0.6) is 11.5 Å². The van der Waals surface area contributed by atoms with E-state index in [-0.39, 0.29) is 0 Å². The second-order valence-corrected chi connectivity index (χ2v) is 6.74. The number of anilines is 1. The summed E-state index contributed by atoms with van der Waals surface area (Å²) in [6.07, 6.45) is 1.44. The lowest BCUT2D eigenvalue weighted by atomic mass is 9.94. The number of nitrogens with zero attached hydrogens (tertiary/aromatic N) is 3. The van der Waals surface area contributed by atoms with Crippen molar-refractivity contribution < 1.29 is 19.0 Å². The number of nitrogens with one attached hydrogen (secondary N) is 1. The largest absolute Gasteiger partial charge is 0.493 e. The van der Waals surface area contributed by atoms with Crippen molar-refractivity contribution in [2.24, 2.45) is 0 Å². The molecule has 1 N–H and O–H groups in total. The van der Waals surface area contributed by atoms with Crippen LogP contribution in [-0.2, 0) is 16.1 Å². The Hall–Kier alpha value is -3.81. The summed E-state index contributed by atoms with van der Waals surface area (Å²) >= 11 is 0. The molecule has 1 atom stereocenters. The van der Waals surface area contributed by atoms with Crippen molar-refractivity contribution in [2.45, 2.75) is 19.6 Å². The molecule has 1 aliphatic rings. The maximum atomic E-state index is 12.7. The first-order chi connectivity index (χ1) is 14.6. The standard InChI is InChI=1S/C22H22N4O4/c1-14-18(21(27)29-3)19(26-22(25-14)23-13-24-26)16-10-7-11-17(28-2)20(16)30-12-15-8-5-4-6-9-15/h4-11,13,19H,12H2,1-3H3,(H,23,24,25)/t19-/m0/s1. The average molecular weight is 406 g/mol. The maximum Gasteiger partial charge on any atom is 0.338 e. The third-order valence-electron chi connectivity index (χ3n) is 4.95. The smallest absolute Gasteiger partial charge is 0.338 e. The van der Waals surface area contributed by atoms with Gasteiger partial charge in [0.25, 0.3) is 0 Å². The Kier molecular flexibility index (Phi) is 5.38. The number of carbonyl (C=O) groups is 1. The van der Waals surface area contributed by atoms with E-state index in [4.69, 9.17) is 14.2 Å². The summed E-state index contributed by atoms with van der Waals surface area (Å²) in [5.41, 5.74) is 2.80. The molecule has 30 heavy (non-hydrogen) atoms. The summed E-state index contributed by atoms with van der Waals surface area (Å²) in [5.74, 6) is 1.17. The van der Waals surface area contributed by atoms with E-state index in [1.165, 1.54) is 13.4 Å². The van der Waals surface area contributed by atoms with E-state index in [2.05, 4.69) is 15.4 Å². The van der Waals surface area contributed by atoms with Gasteiger partial charge in [-0.05, 0) is 18.6 Å². The van der Waals surface area contributed by atoms with Crippen LogP contribution in [0.4, 0.5) is 5.95 Å². The number of methoxy groups -OCH3 is 2. The van der Waals surface area contributed by atoms with E-state index >= 15 is 0 Å². The predicted molar refractivity (Wildman–Crippen MR) is 110 cm³/mol. The van der Waals surface area contributed by atoms with Crippen LogP contribution in [0.25, 0.3) is 0 Å². The lowest BCUT2D eigenvalue weighted by Crippen LogP contribution is -2.29. The van der Waals surface area contributed by atoms with Gasteiger partial charge in [-0.25, -0.2) is 9.48 Å². The Morgan fingerprint density at radius 3 is 2.67 bits per heavy atom. The van der Waals surface area contributed by atoms with Gasteiger partial charge >= 0.3 is 5.97 Å². The Bertz CT molecular complexity index is 1090. The molecule has 1 aromatic heterocycles. The summed E-state index contributed by atoms with van der Waals surface area (Å²) in [6, 6.07) is 14.8. The van der Waals surface area contributed by atoms with Crippen molar-refractivity contribution in [3.05, 3.63) is 77.3 Å². The van der Waals surface area contributed by atoms with E-state index in [1.54, 1.807) is 11.8 Å². The van der Waals surface area contributed by atoms with Gasteiger partial charge in [-0.1, -0.05) is 42.5 Å². The first-order valence-electron chi connectivity index (χ1n) is 9.43. The Morgan fingerprint density at radius 1 is 1.13 bits per heavy atom. The minimum atomic E-state index is -0.586. The van der Waals surface area contributed by atoms with E-state index in [0.29, 0.717) is 35.3 Å². The molecular weight excluding hydrogens is 384 g/mol. The molecule has 2 aromatic carbocycles. The zero-order valence-corrected chi connectivity index (χ0v) is 17.0. The van der Waals surface area contributed by atoms with Crippen LogP contribution in [0.3, 0.4) is 0 Å². The third-order valence-corrected chi connectivity index (χ3v) is 4.95. The quantitative estimate of drug-likeness (QED) is 0.628. The minimum absolute atomic E-state index is 0.347. The highest BCUT2D eigenvalue weighted by atomic mass is 16.5. The topological polar surface area (TPSA) is 87.5 Å². The average Bonchev–Trinajstić information content (AvgIpc) is 3.24. The molecule has 0 aliphatic carbocycles. The van der Waals surface area contributed by atoms with Crippen LogP contribution in [0, 0.1) is 0 Å². The molecule has 0 bridgehead atoms. The van der Waals surface area contributed by atoms with Gasteiger partial charge in [0.1, 0.15) is 19.0 Å². The number of fused-ring (bicyclic) bond motifs is 1. The van der Waals surface area contributed by atoms with Gasteiger partial charge in [-0.2, -0.15) is 10.1 Å². The predicted octanol–water partition coefficient (Wildman–Crippen LogP) is 3.33. The number of allylic oxidation sites excluding steroid dienone is 1. The molecule has 0 unspecified atom stereocenters. The molecule has 0 amide bonds. The number of para-hydroxylation sites is 1. The molecule has 0 saturated heterocycles. The van der Waals surface area contributed by atoms with Gasteiger partial charge < -0.3 is 19.5 Å². The first kappa shape index (κ1) is 19.5. The fraction of sp³-hybridized carbons (Fsp3) is 0.227. The van der Waals surface area contributed by atoms with Crippen molar-refractivity contribution in [3.63, 3.8) is 0 Å². The van der Waals surface area contributed by atoms with Crippen LogP contribution < -0.4 is 14.8 Å². The summed E-state index contributed by atoms with van der Waals surface area (Å²) in [5, 5.41) is 7.44. The van der Waals surface area contributed by atoms with Crippen molar-refractivity contribution in [1.29, 1.82) is 0 Å². The molecule has 154 valence electrons. The number of aromatic nitrogens is 3. The molecule has 8 heteroatoms. The van der Waals surface area contributed by atoms with Crippen molar-refractivity contribution in [2.75, 3.05) is 19.5 Å². The van der Waals surface area contributed by atoms with Gasteiger partial charge in [-0.3, -0.25) is 0 Å². The highest BCUT2D eigenvalue weighted by Gasteiger charge is 2.36. The molecule has 0 radical (unpaired) electrons. The molecule has 0 fully saturated rings. The first-order valence-corrected chi connectivity index (χ1v) is 9.43. The zero-order chi connectivity index (χ0) is 21.1. The maximum absolute atomic E-state index is 12.7. The van der Waals surface area contributed by atoms with Crippen LogP contribution in [-0.4, -0.2) is 35.0 Å². The minimum Gasteiger partial charge on any atom is -0.493 e. The molecular formula is C22H22N4O4. The van der Waals surface area contributed by atoms with E-state index in [0.717, 1.165) is 11.1 Å². The molecule has 8 nitrogen and oxygen atoms in total. The van der Waals surface area contributed by atoms with Crippen LogP contribution in [0.15, 0.2) is 66.1 Å². The lowest BCUT2D eigenvalue weighted by molar-refractivity contribution is -0.136. The summed E-state index contributed by atoms with van der Waals surface area (Å²) in [7, 11) is 2.94. The summed E-state index contributed by atoms with van der Waals surface area (Å²) < 4.78 is 18.5. The highest BCUT2D eigenvalue weighted by Crippen LogP contribution is 2.43. The Morgan fingerprint density at radius 2 is 1.93 bits per heavy atom. The Labute approximate surface area is 174 Å². The zero-order valence-electron chi connectivity index (χ0n) is 17.0. The molecule has 2 heterocycles. The van der Waals surface area contributed by atoms with Gasteiger partial charge in [-0.15, -0.1) is 0 Å². The molecule has 0 spiro atoms. The second-order valence-electron chi connectivity index (χ2n) is 6.74. The number of carbonyl (C=O) groups excluding carboxylic acids is 1. The van der Waals surface area contributed by atoms with Crippen molar-refractivity contribution >= 4 is 11.9 Å². The number of hydrogen-bond acceptors (Lipinski definition) is 7. The number of benzene rings is 2. The van der Waals surface area contributed by atoms with Crippen molar-refractivity contribution in [1.82, 2.24) is 14.8 Å². The monoisotopic (exact) mass is 406 g/mol. The third kappa shape index (κ3) is 3.47. The number of ether oxygens (including phenoxy) is 3. The summed E-state index contributed by atoms with van der Waals surface area (Å²) in [4.78, 5) is 16.9.